The van der Waals surface area contributed by atoms with E-state index in [9.17, 15) is 14.0 Å². The van der Waals surface area contributed by atoms with E-state index in [0.717, 1.165) is 12.8 Å². The fourth-order valence-electron chi connectivity index (χ4n) is 3.67. The fraction of sp³-hybridized carbons (Fsp3) is 0.600. The Balaban J connectivity index is 2.17. The monoisotopic (exact) mass is 383 g/mol. The molecule has 1 aromatic rings. The van der Waals surface area contributed by atoms with Crippen molar-refractivity contribution in [2.24, 2.45) is 11.3 Å². The molecule has 1 unspecified atom stereocenters. The molecule has 1 aliphatic carbocycles. The lowest BCUT2D eigenvalue weighted by molar-refractivity contribution is -0.153. The van der Waals surface area contributed by atoms with Crippen LogP contribution in [0.2, 0.25) is 0 Å². The van der Waals surface area contributed by atoms with E-state index >= 15 is 0 Å². The SMILES string of the molecule is COC(=O)C1(NC(=O)C(Cl)c2ccccc2F)CCC(C(C)(C)C)CC1. The van der Waals surface area contributed by atoms with Crippen molar-refractivity contribution < 1.29 is 18.7 Å². The summed E-state index contributed by atoms with van der Waals surface area (Å²) in [5.74, 6) is -1.16. The summed E-state index contributed by atoms with van der Waals surface area (Å²) in [4.78, 5) is 25.1. The van der Waals surface area contributed by atoms with Gasteiger partial charge in [0.2, 0.25) is 5.91 Å². The van der Waals surface area contributed by atoms with Gasteiger partial charge in [-0.05, 0) is 43.1 Å². The number of methoxy groups -OCH3 is 1. The van der Waals surface area contributed by atoms with Crippen LogP contribution in [0, 0.1) is 17.2 Å². The van der Waals surface area contributed by atoms with Crippen LogP contribution in [0.4, 0.5) is 4.39 Å². The van der Waals surface area contributed by atoms with E-state index in [4.69, 9.17) is 16.3 Å². The van der Waals surface area contributed by atoms with Crippen LogP contribution in [0.25, 0.3) is 0 Å². The van der Waals surface area contributed by atoms with E-state index in [0.29, 0.717) is 18.8 Å². The minimum absolute atomic E-state index is 0.0926. The average molecular weight is 384 g/mol. The van der Waals surface area contributed by atoms with Gasteiger partial charge in [0.25, 0.3) is 0 Å². The highest BCUT2D eigenvalue weighted by atomic mass is 35.5. The molecule has 0 bridgehead atoms. The zero-order valence-electron chi connectivity index (χ0n) is 15.8. The van der Waals surface area contributed by atoms with Gasteiger partial charge in [0, 0.05) is 5.56 Å². The van der Waals surface area contributed by atoms with Gasteiger partial charge in [-0.15, -0.1) is 11.6 Å². The number of hydrogen-bond acceptors (Lipinski definition) is 3. The van der Waals surface area contributed by atoms with Crippen LogP contribution in [-0.4, -0.2) is 24.5 Å². The number of ether oxygens (including phenoxy) is 1. The first-order valence-corrected chi connectivity index (χ1v) is 9.33. The largest absolute Gasteiger partial charge is 0.467 e. The second-order valence-electron chi connectivity index (χ2n) is 8.09. The predicted molar refractivity (Wildman–Crippen MR) is 99.3 cm³/mol. The Morgan fingerprint density at radius 2 is 1.85 bits per heavy atom. The molecule has 0 aliphatic heterocycles. The Labute approximate surface area is 159 Å². The number of halogens is 2. The van der Waals surface area contributed by atoms with Gasteiger partial charge < -0.3 is 10.1 Å². The van der Waals surface area contributed by atoms with Crippen molar-refractivity contribution >= 4 is 23.5 Å². The summed E-state index contributed by atoms with van der Waals surface area (Å²) in [5.41, 5.74) is -0.879. The van der Waals surface area contributed by atoms with Crippen molar-refractivity contribution in [2.75, 3.05) is 7.11 Å². The molecule has 4 nitrogen and oxygen atoms in total. The molecule has 1 N–H and O–H groups in total. The molecular formula is C20H27ClFNO3. The Hall–Kier alpha value is -1.62. The van der Waals surface area contributed by atoms with Crippen molar-refractivity contribution in [2.45, 2.75) is 57.4 Å². The van der Waals surface area contributed by atoms with E-state index in [1.54, 1.807) is 6.07 Å². The fourth-order valence-corrected chi connectivity index (χ4v) is 3.90. The zero-order valence-corrected chi connectivity index (χ0v) is 16.5. The number of hydrogen-bond donors (Lipinski definition) is 1. The molecule has 2 rings (SSSR count). The summed E-state index contributed by atoms with van der Waals surface area (Å²) in [7, 11) is 1.31. The molecule has 1 aliphatic rings. The molecular weight excluding hydrogens is 357 g/mol. The van der Waals surface area contributed by atoms with Gasteiger partial charge in [-0.3, -0.25) is 4.79 Å². The van der Waals surface area contributed by atoms with Gasteiger partial charge in [0.15, 0.2) is 0 Å². The topological polar surface area (TPSA) is 55.4 Å². The molecule has 0 heterocycles. The first-order valence-electron chi connectivity index (χ1n) is 8.89. The lowest BCUT2D eigenvalue weighted by atomic mass is 9.67. The smallest absolute Gasteiger partial charge is 0.331 e. The van der Waals surface area contributed by atoms with Gasteiger partial charge in [0.05, 0.1) is 7.11 Å². The summed E-state index contributed by atoms with van der Waals surface area (Å²) in [5, 5.41) is 1.56. The van der Waals surface area contributed by atoms with Crippen molar-refractivity contribution in [1.82, 2.24) is 5.32 Å². The van der Waals surface area contributed by atoms with Crippen LogP contribution in [0.5, 0.6) is 0 Å². The maximum atomic E-state index is 13.9. The third-order valence-electron chi connectivity index (χ3n) is 5.41. The molecule has 26 heavy (non-hydrogen) atoms. The molecule has 0 spiro atoms. The van der Waals surface area contributed by atoms with Crippen molar-refractivity contribution in [3.63, 3.8) is 0 Å². The van der Waals surface area contributed by atoms with Crippen LogP contribution < -0.4 is 5.32 Å². The number of amides is 1. The number of esters is 1. The van der Waals surface area contributed by atoms with Gasteiger partial charge in [0.1, 0.15) is 16.7 Å². The Bertz CT molecular complexity index is 663. The Morgan fingerprint density at radius 3 is 2.35 bits per heavy atom. The molecule has 144 valence electrons. The number of carbonyl (C=O) groups excluding carboxylic acids is 2. The summed E-state index contributed by atoms with van der Waals surface area (Å²) >= 11 is 6.19. The number of carbonyl (C=O) groups is 2. The normalized spacial score (nSPS) is 24.6. The summed E-state index contributed by atoms with van der Waals surface area (Å²) in [6.07, 6.45) is 2.56. The summed E-state index contributed by atoms with van der Waals surface area (Å²) < 4.78 is 18.9. The van der Waals surface area contributed by atoms with Crippen molar-refractivity contribution in [1.29, 1.82) is 0 Å². The molecule has 1 aromatic carbocycles. The van der Waals surface area contributed by atoms with E-state index < -0.39 is 28.6 Å². The standard InChI is InChI=1S/C20H27ClFNO3/c1-19(2,3)13-9-11-20(12-10-13,18(25)26-4)23-17(24)16(21)14-7-5-6-8-15(14)22/h5-8,13,16H,9-12H2,1-4H3,(H,23,24). The summed E-state index contributed by atoms with van der Waals surface area (Å²) in [6.45, 7) is 6.52. The molecule has 0 saturated heterocycles. The highest BCUT2D eigenvalue weighted by Crippen LogP contribution is 2.42. The molecule has 1 saturated carbocycles. The van der Waals surface area contributed by atoms with E-state index in [1.807, 2.05) is 0 Å². The highest BCUT2D eigenvalue weighted by Gasteiger charge is 2.46. The molecule has 6 heteroatoms. The number of nitrogens with one attached hydrogen (secondary N) is 1. The first-order chi connectivity index (χ1) is 12.1. The van der Waals surface area contributed by atoms with E-state index in [1.165, 1.54) is 25.3 Å². The predicted octanol–water partition coefficient (Wildman–Crippen LogP) is 4.37. The minimum Gasteiger partial charge on any atom is -0.467 e. The molecule has 1 atom stereocenters. The molecule has 0 aromatic heterocycles. The number of rotatable bonds is 4. The van der Waals surface area contributed by atoms with Crippen molar-refractivity contribution in [3.05, 3.63) is 35.6 Å². The molecule has 0 radical (unpaired) electrons. The highest BCUT2D eigenvalue weighted by molar-refractivity contribution is 6.31. The Kier molecular flexibility index (Phi) is 6.33. The van der Waals surface area contributed by atoms with Crippen LogP contribution in [0.15, 0.2) is 24.3 Å². The first kappa shape index (κ1) is 20.7. The van der Waals surface area contributed by atoms with E-state index in [2.05, 4.69) is 26.1 Å². The van der Waals surface area contributed by atoms with Gasteiger partial charge in [-0.2, -0.15) is 0 Å². The quantitative estimate of drug-likeness (QED) is 0.620. The second kappa shape index (κ2) is 7.95. The summed E-state index contributed by atoms with van der Waals surface area (Å²) in [6, 6.07) is 5.87. The van der Waals surface area contributed by atoms with Crippen LogP contribution >= 0.6 is 11.6 Å². The van der Waals surface area contributed by atoms with Crippen LogP contribution in [0.1, 0.15) is 57.4 Å². The zero-order chi connectivity index (χ0) is 19.5. The average Bonchev–Trinajstić information content (AvgIpc) is 2.60. The third kappa shape index (κ3) is 4.37. The van der Waals surface area contributed by atoms with E-state index in [-0.39, 0.29) is 11.0 Å². The van der Waals surface area contributed by atoms with Crippen LogP contribution in [0.3, 0.4) is 0 Å². The van der Waals surface area contributed by atoms with Gasteiger partial charge in [-0.1, -0.05) is 39.0 Å². The Morgan fingerprint density at radius 1 is 1.27 bits per heavy atom. The molecule has 1 fully saturated rings. The van der Waals surface area contributed by atoms with Crippen molar-refractivity contribution in [3.8, 4) is 0 Å². The van der Waals surface area contributed by atoms with Crippen LogP contribution in [-0.2, 0) is 14.3 Å². The molecule has 1 amide bonds. The lowest BCUT2D eigenvalue weighted by Gasteiger charge is -2.42. The van der Waals surface area contributed by atoms with Gasteiger partial charge >= 0.3 is 5.97 Å². The lowest BCUT2D eigenvalue weighted by Crippen LogP contribution is -2.58. The maximum absolute atomic E-state index is 13.9. The third-order valence-corrected chi connectivity index (χ3v) is 5.84. The number of alkyl halides is 1. The maximum Gasteiger partial charge on any atom is 0.331 e. The van der Waals surface area contributed by atoms with Gasteiger partial charge in [-0.25, -0.2) is 9.18 Å². The number of benzene rings is 1. The minimum atomic E-state index is -1.21. The second-order valence-corrected chi connectivity index (χ2v) is 8.52.